The van der Waals surface area contributed by atoms with Crippen LogP contribution in [0.5, 0.6) is 0 Å². The van der Waals surface area contributed by atoms with E-state index in [-0.39, 0.29) is 17.7 Å². The number of nitrogens with two attached hydrogens (primary N) is 1. The van der Waals surface area contributed by atoms with Crippen LogP contribution in [0.15, 0.2) is 18.3 Å². The van der Waals surface area contributed by atoms with E-state index in [1.54, 1.807) is 18.3 Å². The van der Waals surface area contributed by atoms with E-state index in [2.05, 4.69) is 10.3 Å². The van der Waals surface area contributed by atoms with E-state index in [9.17, 15) is 9.59 Å². The lowest BCUT2D eigenvalue weighted by Crippen LogP contribution is -2.32. The molecule has 1 aromatic heterocycles. The largest absolute Gasteiger partial charge is 0.357 e. The van der Waals surface area contributed by atoms with E-state index in [1.165, 1.54) is 11.8 Å². The molecule has 2 amide bonds. The Bertz CT molecular complexity index is 349. The number of carbonyl (C=O) groups is 2. The molecular weight excluding hydrogens is 226 g/mol. The van der Waals surface area contributed by atoms with Gasteiger partial charge in [0.1, 0.15) is 5.69 Å². The Kier molecular flexibility index (Phi) is 5.07. The molecule has 6 heteroatoms. The van der Waals surface area contributed by atoms with E-state index in [0.29, 0.717) is 11.4 Å². The molecule has 0 saturated heterocycles. The zero-order valence-electron chi connectivity index (χ0n) is 9.03. The third-order valence-corrected chi connectivity index (χ3v) is 2.94. The zero-order valence-corrected chi connectivity index (χ0v) is 9.84. The van der Waals surface area contributed by atoms with E-state index in [4.69, 9.17) is 5.73 Å². The van der Waals surface area contributed by atoms with Gasteiger partial charge in [-0.15, -0.1) is 0 Å². The Morgan fingerprint density at radius 1 is 1.62 bits per heavy atom. The van der Waals surface area contributed by atoms with Gasteiger partial charge in [0.15, 0.2) is 0 Å². The molecule has 4 N–H and O–H groups in total. The number of H-pyrrole nitrogens is 1. The molecule has 1 rings (SSSR count). The Morgan fingerprint density at radius 3 is 2.94 bits per heavy atom. The fraction of sp³-hybridized carbons (Fsp3) is 0.400. The molecule has 0 bridgehead atoms. The van der Waals surface area contributed by atoms with Crippen molar-refractivity contribution >= 4 is 23.6 Å². The summed E-state index contributed by atoms with van der Waals surface area (Å²) in [7, 11) is 0. The summed E-state index contributed by atoms with van der Waals surface area (Å²) in [6.07, 6.45) is 1.63. The number of imide groups is 1. The highest BCUT2D eigenvalue weighted by atomic mass is 32.2. The van der Waals surface area contributed by atoms with Gasteiger partial charge in [-0.25, -0.2) is 0 Å². The van der Waals surface area contributed by atoms with Crippen LogP contribution < -0.4 is 11.1 Å². The topological polar surface area (TPSA) is 88.0 Å². The van der Waals surface area contributed by atoms with Gasteiger partial charge >= 0.3 is 0 Å². The number of carbonyl (C=O) groups excluding carboxylic acids is 2. The first-order valence-electron chi connectivity index (χ1n) is 4.90. The van der Waals surface area contributed by atoms with Gasteiger partial charge in [-0.1, -0.05) is 0 Å². The maximum absolute atomic E-state index is 11.4. The lowest BCUT2D eigenvalue weighted by molar-refractivity contribution is -0.117. The molecule has 5 nitrogen and oxygen atoms in total. The van der Waals surface area contributed by atoms with Gasteiger partial charge in [-0.05, 0) is 19.1 Å². The zero-order chi connectivity index (χ0) is 12.0. The first-order valence-corrected chi connectivity index (χ1v) is 6.06. The normalized spacial score (nSPS) is 12.1. The van der Waals surface area contributed by atoms with Gasteiger partial charge in [0.05, 0.1) is 5.75 Å². The fourth-order valence-electron chi connectivity index (χ4n) is 1.04. The molecule has 0 aliphatic heterocycles. The summed E-state index contributed by atoms with van der Waals surface area (Å²) < 4.78 is 0. The van der Waals surface area contributed by atoms with Crippen LogP contribution in [0, 0.1) is 0 Å². The molecule has 16 heavy (non-hydrogen) atoms. The molecular formula is C10H15N3O2S. The highest BCUT2D eigenvalue weighted by Gasteiger charge is 2.10. The maximum atomic E-state index is 11.4. The van der Waals surface area contributed by atoms with Crippen LogP contribution in [0.1, 0.15) is 17.4 Å². The number of hydrogen-bond donors (Lipinski definition) is 3. The van der Waals surface area contributed by atoms with E-state index in [1.807, 2.05) is 6.92 Å². The third kappa shape index (κ3) is 4.50. The lowest BCUT2D eigenvalue weighted by atomic mass is 10.4. The number of aromatic amines is 1. The number of nitrogens with one attached hydrogen (secondary N) is 2. The Labute approximate surface area is 98.2 Å². The SMILES string of the molecule is CC(N)CSCC(=O)NC(=O)c1ccc[nH]1. The molecule has 0 aliphatic rings. The van der Waals surface area contributed by atoms with Crippen molar-refractivity contribution in [1.29, 1.82) is 0 Å². The molecule has 1 atom stereocenters. The van der Waals surface area contributed by atoms with Gasteiger partial charge in [0.25, 0.3) is 5.91 Å². The second kappa shape index (κ2) is 6.34. The minimum Gasteiger partial charge on any atom is -0.357 e. The highest BCUT2D eigenvalue weighted by Crippen LogP contribution is 2.01. The Hall–Kier alpha value is -1.27. The van der Waals surface area contributed by atoms with Crippen molar-refractivity contribution in [2.75, 3.05) is 11.5 Å². The molecule has 0 radical (unpaired) electrons. The monoisotopic (exact) mass is 241 g/mol. The summed E-state index contributed by atoms with van der Waals surface area (Å²) in [5.74, 6) is 0.236. The van der Waals surface area contributed by atoms with Crippen LogP contribution in [0.25, 0.3) is 0 Å². The average molecular weight is 241 g/mol. The number of aromatic nitrogens is 1. The van der Waals surface area contributed by atoms with Crippen LogP contribution in [-0.2, 0) is 4.79 Å². The maximum Gasteiger partial charge on any atom is 0.274 e. The smallest absolute Gasteiger partial charge is 0.274 e. The lowest BCUT2D eigenvalue weighted by Gasteiger charge is -2.04. The van der Waals surface area contributed by atoms with E-state index < -0.39 is 5.91 Å². The molecule has 0 aromatic carbocycles. The van der Waals surface area contributed by atoms with Gasteiger partial charge in [-0.3, -0.25) is 14.9 Å². The van der Waals surface area contributed by atoms with Crippen LogP contribution >= 0.6 is 11.8 Å². The predicted octanol–water partition coefficient (Wildman–Crippen LogP) is 0.351. The number of hydrogen-bond acceptors (Lipinski definition) is 4. The van der Waals surface area contributed by atoms with E-state index in [0.717, 1.165) is 0 Å². The fourth-order valence-corrected chi connectivity index (χ4v) is 1.79. The summed E-state index contributed by atoms with van der Waals surface area (Å²) in [6, 6.07) is 3.36. The van der Waals surface area contributed by atoms with Crippen molar-refractivity contribution in [3.05, 3.63) is 24.0 Å². The Balaban J connectivity index is 2.27. The average Bonchev–Trinajstić information content (AvgIpc) is 2.69. The van der Waals surface area contributed by atoms with Crippen molar-refractivity contribution in [1.82, 2.24) is 10.3 Å². The predicted molar refractivity (Wildman–Crippen MR) is 64.2 cm³/mol. The van der Waals surface area contributed by atoms with Crippen molar-refractivity contribution in [3.63, 3.8) is 0 Å². The molecule has 0 aliphatic carbocycles. The number of amides is 2. The van der Waals surface area contributed by atoms with Crippen LogP contribution in [0.4, 0.5) is 0 Å². The molecule has 0 spiro atoms. The van der Waals surface area contributed by atoms with Crippen molar-refractivity contribution in [2.45, 2.75) is 13.0 Å². The molecule has 1 heterocycles. The second-order valence-electron chi connectivity index (χ2n) is 3.45. The molecule has 0 fully saturated rings. The summed E-state index contributed by atoms with van der Waals surface area (Å²) in [6.45, 7) is 1.87. The summed E-state index contributed by atoms with van der Waals surface area (Å²) in [5, 5.41) is 2.29. The van der Waals surface area contributed by atoms with Gasteiger partial charge < -0.3 is 10.7 Å². The summed E-state index contributed by atoms with van der Waals surface area (Å²) in [5.41, 5.74) is 5.91. The number of thioether (sulfide) groups is 1. The van der Waals surface area contributed by atoms with Crippen LogP contribution in [0.3, 0.4) is 0 Å². The number of rotatable bonds is 5. The van der Waals surface area contributed by atoms with Gasteiger partial charge in [0, 0.05) is 18.0 Å². The first kappa shape index (κ1) is 12.8. The second-order valence-corrected chi connectivity index (χ2v) is 4.48. The molecule has 1 unspecified atom stereocenters. The molecule has 88 valence electrons. The summed E-state index contributed by atoms with van der Waals surface area (Å²) in [4.78, 5) is 25.5. The van der Waals surface area contributed by atoms with Crippen LogP contribution in [0.2, 0.25) is 0 Å². The minimum atomic E-state index is -0.406. The van der Waals surface area contributed by atoms with Gasteiger partial charge in [0.2, 0.25) is 5.91 Å². The van der Waals surface area contributed by atoms with Crippen molar-refractivity contribution in [3.8, 4) is 0 Å². The summed E-state index contributed by atoms with van der Waals surface area (Å²) >= 11 is 1.41. The van der Waals surface area contributed by atoms with Crippen LogP contribution in [-0.4, -0.2) is 34.3 Å². The van der Waals surface area contributed by atoms with Crippen molar-refractivity contribution < 1.29 is 9.59 Å². The third-order valence-electron chi connectivity index (χ3n) is 1.71. The Morgan fingerprint density at radius 2 is 2.38 bits per heavy atom. The quantitative estimate of drug-likeness (QED) is 0.694. The van der Waals surface area contributed by atoms with Gasteiger partial charge in [-0.2, -0.15) is 11.8 Å². The standard InChI is InChI=1S/C10H15N3O2S/c1-7(11)5-16-6-9(14)13-10(15)8-3-2-4-12-8/h2-4,7,12H,5-6,11H2,1H3,(H,13,14,15). The molecule has 0 saturated carbocycles. The minimum absolute atomic E-state index is 0.0527. The first-order chi connectivity index (χ1) is 7.59. The molecule has 1 aromatic rings. The highest BCUT2D eigenvalue weighted by molar-refractivity contribution is 8.00. The van der Waals surface area contributed by atoms with Crippen molar-refractivity contribution in [2.24, 2.45) is 5.73 Å². The van der Waals surface area contributed by atoms with E-state index >= 15 is 0 Å².